The number of tetrazole rings is 1. The Kier molecular flexibility index (Phi) is 5.98. The molecule has 9 nitrogen and oxygen atoms in total. The molecule has 0 atom stereocenters. The lowest BCUT2D eigenvalue weighted by Gasteiger charge is -2.13. The number of benzene rings is 3. The number of aromatic nitrogens is 4. The van der Waals surface area contributed by atoms with Crippen molar-refractivity contribution in [1.29, 1.82) is 0 Å². The van der Waals surface area contributed by atoms with Crippen molar-refractivity contribution in [1.82, 2.24) is 20.2 Å². The summed E-state index contributed by atoms with van der Waals surface area (Å²) in [5.41, 5.74) is 0.894. The van der Waals surface area contributed by atoms with Crippen LogP contribution in [0, 0.1) is 0 Å². The minimum absolute atomic E-state index is 0.0380. The van der Waals surface area contributed by atoms with Gasteiger partial charge in [-0.3, -0.25) is 4.79 Å². The molecule has 0 saturated heterocycles. The first-order valence-electron chi connectivity index (χ1n) is 9.61. The summed E-state index contributed by atoms with van der Waals surface area (Å²) >= 11 is 0. The number of carbonyl (C=O) groups is 1. The first-order chi connectivity index (χ1) is 15.6. The second-order valence-electron chi connectivity index (χ2n) is 6.57. The van der Waals surface area contributed by atoms with Crippen molar-refractivity contribution in [3.8, 4) is 34.4 Å². The Morgan fingerprint density at radius 2 is 1.44 bits per heavy atom. The third kappa shape index (κ3) is 4.08. The predicted molar refractivity (Wildman–Crippen MR) is 115 cm³/mol. The number of carbonyl (C=O) groups excluding carboxylic acids is 1. The van der Waals surface area contributed by atoms with Crippen molar-refractivity contribution in [2.45, 2.75) is 0 Å². The van der Waals surface area contributed by atoms with Gasteiger partial charge in [-0.15, -0.1) is 5.10 Å². The smallest absolute Gasteiger partial charge is 0.232 e. The highest BCUT2D eigenvalue weighted by Crippen LogP contribution is 2.38. The number of ether oxygens (including phenoxy) is 4. The molecule has 0 N–H and O–H groups in total. The maximum atomic E-state index is 13.2. The lowest BCUT2D eigenvalue weighted by molar-refractivity contribution is 0.102. The molecule has 0 saturated carbocycles. The molecule has 0 fully saturated rings. The van der Waals surface area contributed by atoms with Crippen LogP contribution in [-0.4, -0.2) is 47.3 Å². The second-order valence-corrected chi connectivity index (χ2v) is 6.57. The molecule has 1 heterocycles. The zero-order valence-corrected chi connectivity index (χ0v) is 17.7. The van der Waals surface area contributed by atoms with E-state index >= 15 is 0 Å². The first-order valence-corrected chi connectivity index (χ1v) is 9.61. The van der Waals surface area contributed by atoms with Gasteiger partial charge >= 0.3 is 0 Å². The van der Waals surface area contributed by atoms with Crippen molar-refractivity contribution in [3.05, 3.63) is 78.1 Å². The van der Waals surface area contributed by atoms with Gasteiger partial charge in [0.25, 0.3) is 0 Å². The van der Waals surface area contributed by atoms with Crippen LogP contribution in [0.1, 0.15) is 16.2 Å². The minimum atomic E-state index is -0.404. The van der Waals surface area contributed by atoms with E-state index in [4.69, 9.17) is 18.9 Å². The van der Waals surface area contributed by atoms with Crippen molar-refractivity contribution < 1.29 is 23.7 Å². The Labute approximate surface area is 184 Å². The van der Waals surface area contributed by atoms with E-state index in [0.717, 1.165) is 5.75 Å². The molecule has 0 aliphatic carbocycles. The van der Waals surface area contributed by atoms with E-state index in [1.807, 2.05) is 30.3 Å². The first kappa shape index (κ1) is 20.9. The number of nitrogens with zero attached hydrogens (tertiary/aromatic N) is 4. The molecule has 0 radical (unpaired) electrons. The number of rotatable bonds is 8. The van der Waals surface area contributed by atoms with E-state index in [9.17, 15) is 4.79 Å². The second kappa shape index (κ2) is 9.17. The summed E-state index contributed by atoms with van der Waals surface area (Å²) in [5, 5.41) is 11.6. The molecule has 0 bridgehead atoms. The summed E-state index contributed by atoms with van der Waals surface area (Å²) in [7, 11) is 4.46. The lowest BCUT2D eigenvalue weighted by atomic mass is 10.1. The fourth-order valence-electron chi connectivity index (χ4n) is 3.12. The fourth-order valence-corrected chi connectivity index (χ4v) is 3.12. The summed E-state index contributed by atoms with van der Waals surface area (Å²) in [6.07, 6.45) is 0. The molecule has 3 aromatic carbocycles. The van der Waals surface area contributed by atoms with Gasteiger partial charge in [-0.2, -0.15) is 4.68 Å². The average molecular weight is 432 g/mol. The predicted octanol–water partition coefficient (Wildman–Crippen LogP) is 3.71. The molecule has 9 heteroatoms. The van der Waals surface area contributed by atoms with Gasteiger partial charge < -0.3 is 18.9 Å². The van der Waals surface area contributed by atoms with Crippen LogP contribution in [0.2, 0.25) is 0 Å². The molecule has 32 heavy (non-hydrogen) atoms. The van der Waals surface area contributed by atoms with Crippen molar-refractivity contribution in [2.75, 3.05) is 21.3 Å². The molecule has 1 aromatic heterocycles. The normalized spacial score (nSPS) is 10.5. The van der Waals surface area contributed by atoms with Gasteiger partial charge in [-0.1, -0.05) is 18.2 Å². The maximum absolute atomic E-state index is 13.2. The summed E-state index contributed by atoms with van der Waals surface area (Å²) < 4.78 is 23.1. The monoisotopic (exact) mass is 432 g/mol. The quantitative estimate of drug-likeness (QED) is 0.389. The highest BCUT2D eigenvalue weighted by atomic mass is 16.5. The number of para-hydroxylation sites is 1. The van der Waals surface area contributed by atoms with Crippen LogP contribution in [0.4, 0.5) is 0 Å². The number of methoxy groups -OCH3 is 3. The van der Waals surface area contributed by atoms with E-state index in [-0.39, 0.29) is 5.82 Å². The van der Waals surface area contributed by atoms with Gasteiger partial charge in [-0.05, 0) is 59.0 Å². The van der Waals surface area contributed by atoms with Crippen LogP contribution in [-0.2, 0) is 0 Å². The molecule has 4 aromatic rings. The van der Waals surface area contributed by atoms with Gasteiger partial charge in [-0.25, -0.2) is 0 Å². The highest BCUT2D eigenvalue weighted by Gasteiger charge is 2.23. The van der Waals surface area contributed by atoms with E-state index < -0.39 is 5.78 Å². The molecular weight excluding hydrogens is 412 g/mol. The van der Waals surface area contributed by atoms with Gasteiger partial charge in [0.1, 0.15) is 11.5 Å². The van der Waals surface area contributed by atoms with E-state index in [0.29, 0.717) is 34.2 Å². The third-order valence-electron chi connectivity index (χ3n) is 4.66. The molecule has 162 valence electrons. The van der Waals surface area contributed by atoms with Gasteiger partial charge in [0.15, 0.2) is 11.5 Å². The van der Waals surface area contributed by atoms with Crippen molar-refractivity contribution in [2.24, 2.45) is 0 Å². The summed E-state index contributed by atoms with van der Waals surface area (Å²) in [4.78, 5) is 13.2. The highest BCUT2D eigenvalue weighted by molar-refractivity contribution is 6.07. The molecule has 0 spiro atoms. The van der Waals surface area contributed by atoms with Crippen LogP contribution < -0.4 is 18.9 Å². The Bertz CT molecular complexity index is 1200. The number of ketones is 1. The molecule has 0 aliphatic heterocycles. The third-order valence-corrected chi connectivity index (χ3v) is 4.66. The van der Waals surface area contributed by atoms with Crippen LogP contribution in [0.25, 0.3) is 5.69 Å². The maximum Gasteiger partial charge on any atom is 0.232 e. The Hall–Kier alpha value is -4.40. The van der Waals surface area contributed by atoms with E-state index in [2.05, 4.69) is 15.5 Å². The van der Waals surface area contributed by atoms with Crippen molar-refractivity contribution >= 4 is 5.78 Å². The molecular formula is C23H20N4O5. The van der Waals surface area contributed by atoms with Crippen molar-refractivity contribution in [3.63, 3.8) is 0 Å². The van der Waals surface area contributed by atoms with Crippen LogP contribution >= 0.6 is 0 Å². The van der Waals surface area contributed by atoms with E-state index in [1.165, 1.54) is 26.0 Å². The van der Waals surface area contributed by atoms with Gasteiger partial charge in [0.2, 0.25) is 17.4 Å². The zero-order chi connectivity index (χ0) is 22.5. The summed E-state index contributed by atoms with van der Waals surface area (Å²) in [5.74, 6) is 2.11. The molecule has 0 unspecified atom stereocenters. The summed E-state index contributed by atoms with van der Waals surface area (Å²) in [6, 6.07) is 19.6. The Balaban J connectivity index is 1.63. The minimum Gasteiger partial charge on any atom is -0.493 e. The van der Waals surface area contributed by atoms with Gasteiger partial charge in [0, 0.05) is 5.56 Å². The molecule has 0 amide bonds. The topological polar surface area (TPSA) is 97.6 Å². The fraction of sp³-hybridized carbons (Fsp3) is 0.130. The molecule has 0 aliphatic rings. The Morgan fingerprint density at radius 3 is 2.03 bits per heavy atom. The number of hydrogen-bond donors (Lipinski definition) is 0. The lowest BCUT2D eigenvalue weighted by Crippen LogP contribution is -2.12. The van der Waals surface area contributed by atoms with Gasteiger partial charge in [0.05, 0.1) is 27.0 Å². The van der Waals surface area contributed by atoms with Crippen LogP contribution in [0.5, 0.6) is 28.7 Å². The largest absolute Gasteiger partial charge is 0.493 e. The summed E-state index contributed by atoms with van der Waals surface area (Å²) in [6.45, 7) is 0. The zero-order valence-electron chi connectivity index (χ0n) is 17.7. The van der Waals surface area contributed by atoms with Crippen LogP contribution in [0.15, 0.2) is 66.7 Å². The molecule has 4 rings (SSSR count). The standard InChI is InChI=1S/C23H20N4O5/c1-29-19-13-15(14-20(30-2)22(19)31-3)21(28)23-24-25-26-27(23)16-9-11-18(12-10-16)32-17-7-5-4-6-8-17/h4-14H,1-3H3. The Morgan fingerprint density at radius 1 is 0.812 bits per heavy atom. The van der Waals surface area contributed by atoms with Crippen LogP contribution in [0.3, 0.4) is 0 Å². The SMILES string of the molecule is COc1cc(C(=O)c2nnnn2-c2ccc(Oc3ccccc3)cc2)cc(OC)c1OC. The van der Waals surface area contributed by atoms with E-state index in [1.54, 1.807) is 36.4 Å². The average Bonchev–Trinajstić information content (AvgIpc) is 3.33. The number of hydrogen-bond acceptors (Lipinski definition) is 8.